The Labute approximate surface area is 210 Å². The van der Waals surface area contributed by atoms with Gasteiger partial charge in [0.25, 0.3) is 5.91 Å². The number of amides is 1. The number of para-hydroxylation sites is 1. The molecule has 0 spiro atoms. The molecule has 0 aliphatic heterocycles. The van der Waals surface area contributed by atoms with Crippen LogP contribution in [0.2, 0.25) is 0 Å². The zero-order valence-corrected chi connectivity index (χ0v) is 20.3. The third-order valence-corrected chi connectivity index (χ3v) is 5.74. The molecule has 0 unspecified atom stereocenters. The Morgan fingerprint density at radius 3 is 2.68 bits per heavy atom. The molecule has 168 valence electrons. The van der Waals surface area contributed by atoms with E-state index in [2.05, 4.69) is 33.1 Å². The number of nitrogens with zero attached hydrogens (tertiary/aromatic N) is 3. The van der Waals surface area contributed by atoms with Crippen LogP contribution in [-0.4, -0.2) is 30.8 Å². The molecule has 0 aliphatic rings. The van der Waals surface area contributed by atoms with Gasteiger partial charge in [-0.1, -0.05) is 48.5 Å². The molecule has 0 radical (unpaired) electrons. The van der Waals surface area contributed by atoms with Crippen LogP contribution in [0.5, 0.6) is 11.5 Å². The molecule has 3 aromatic carbocycles. The number of hydrogen-bond donors (Lipinski definition) is 1. The van der Waals surface area contributed by atoms with Crippen LogP contribution in [0, 0.1) is 14.9 Å². The van der Waals surface area contributed by atoms with Crippen molar-refractivity contribution in [3.05, 3.63) is 87.5 Å². The van der Waals surface area contributed by atoms with Crippen molar-refractivity contribution in [1.29, 1.82) is 5.26 Å². The molecule has 0 saturated carbocycles. The molecule has 1 N–H and O–H groups in total. The van der Waals surface area contributed by atoms with Gasteiger partial charge < -0.3 is 9.47 Å². The summed E-state index contributed by atoms with van der Waals surface area (Å²) in [5.74, 6) is 0.618. The molecule has 34 heavy (non-hydrogen) atoms. The number of nitriles is 1. The Hall–Kier alpha value is -3.97. The quantitative estimate of drug-likeness (QED) is 0.190. The van der Waals surface area contributed by atoms with Gasteiger partial charge in [-0.25, -0.2) is 10.4 Å². The molecular formula is C26H19IN4O3. The summed E-state index contributed by atoms with van der Waals surface area (Å²) in [6.45, 7) is -0.0826. The van der Waals surface area contributed by atoms with Crippen molar-refractivity contribution in [1.82, 2.24) is 10.4 Å². The number of pyridine rings is 1. The lowest BCUT2D eigenvalue weighted by molar-refractivity contribution is 0.0956. The van der Waals surface area contributed by atoms with E-state index in [0.29, 0.717) is 28.3 Å². The van der Waals surface area contributed by atoms with E-state index in [1.54, 1.807) is 12.1 Å². The fourth-order valence-corrected chi connectivity index (χ4v) is 4.19. The molecule has 1 heterocycles. The molecule has 0 saturated heterocycles. The normalized spacial score (nSPS) is 10.7. The molecule has 7 nitrogen and oxygen atoms in total. The van der Waals surface area contributed by atoms with Crippen molar-refractivity contribution in [2.75, 3.05) is 13.7 Å². The molecule has 1 aromatic heterocycles. The fourth-order valence-electron chi connectivity index (χ4n) is 3.40. The van der Waals surface area contributed by atoms with Crippen molar-refractivity contribution in [2.24, 2.45) is 5.10 Å². The Bertz CT molecular complexity index is 1420. The van der Waals surface area contributed by atoms with Crippen molar-refractivity contribution in [2.45, 2.75) is 0 Å². The van der Waals surface area contributed by atoms with E-state index in [1.165, 1.54) is 13.3 Å². The lowest BCUT2D eigenvalue weighted by Crippen LogP contribution is -2.18. The van der Waals surface area contributed by atoms with Crippen LogP contribution in [0.4, 0.5) is 0 Å². The SMILES string of the molecule is COc1cc(/C=N/NC(=O)c2cc(-c3ccccc3)nc3ccccc23)cc(I)c1OCC#N. The van der Waals surface area contributed by atoms with Crippen molar-refractivity contribution >= 4 is 45.6 Å². The number of carbonyl (C=O) groups excluding carboxylic acids is 1. The number of carbonyl (C=O) groups is 1. The second-order valence-corrected chi connectivity index (χ2v) is 8.28. The molecule has 0 atom stereocenters. The lowest BCUT2D eigenvalue weighted by atomic mass is 10.0. The first-order valence-electron chi connectivity index (χ1n) is 10.3. The number of hydrogen-bond acceptors (Lipinski definition) is 6. The monoisotopic (exact) mass is 562 g/mol. The first kappa shape index (κ1) is 23.2. The molecule has 1 amide bonds. The van der Waals surface area contributed by atoms with Crippen LogP contribution in [0.25, 0.3) is 22.2 Å². The Balaban J connectivity index is 1.61. The number of halogens is 1. The van der Waals surface area contributed by atoms with Gasteiger partial charge in [-0.15, -0.1) is 0 Å². The van der Waals surface area contributed by atoms with E-state index in [9.17, 15) is 4.79 Å². The molecule has 4 aromatic rings. The third kappa shape index (κ3) is 5.15. The number of rotatable bonds is 7. The molecular weight excluding hydrogens is 543 g/mol. The second-order valence-electron chi connectivity index (χ2n) is 7.12. The Morgan fingerprint density at radius 1 is 1.15 bits per heavy atom. The number of ether oxygens (including phenoxy) is 2. The fraction of sp³-hybridized carbons (Fsp3) is 0.0769. The summed E-state index contributed by atoms with van der Waals surface area (Å²) in [5, 5.41) is 13.6. The summed E-state index contributed by atoms with van der Waals surface area (Å²) in [5.41, 5.74) is 6.15. The minimum atomic E-state index is -0.345. The van der Waals surface area contributed by atoms with Crippen molar-refractivity contribution in [3.8, 4) is 28.8 Å². The summed E-state index contributed by atoms with van der Waals surface area (Å²) < 4.78 is 11.6. The summed E-state index contributed by atoms with van der Waals surface area (Å²) in [4.78, 5) is 17.8. The molecule has 8 heteroatoms. The number of benzene rings is 3. The summed E-state index contributed by atoms with van der Waals surface area (Å²) in [6, 6.07) is 24.5. The van der Waals surface area contributed by atoms with Gasteiger partial charge in [0.2, 0.25) is 0 Å². The highest BCUT2D eigenvalue weighted by molar-refractivity contribution is 14.1. The van der Waals surface area contributed by atoms with Crippen molar-refractivity contribution < 1.29 is 14.3 Å². The predicted octanol–water partition coefficient (Wildman–Crippen LogP) is 5.18. The average molecular weight is 562 g/mol. The van der Waals surface area contributed by atoms with Gasteiger partial charge in [0.05, 0.1) is 33.7 Å². The van der Waals surface area contributed by atoms with Crippen LogP contribution < -0.4 is 14.9 Å². The van der Waals surface area contributed by atoms with Gasteiger partial charge in [-0.3, -0.25) is 4.79 Å². The number of nitrogens with one attached hydrogen (secondary N) is 1. The Kier molecular flexibility index (Phi) is 7.34. The topological polar surface area (TPSA) is 96.6 Å². The van der Waals surface area contributed by atoms with E-state index < -0.39 is 0 Å². The van der Waals surface area contributed by atoms with Gasteiger partial charge in [0.1, 0.15) is 6.07 Å². The lowest BCUT2D eigenvalue weighted by Gasteiger charge is -2.11. The maximum absolute atomic E-state index is 13.1. The van der Waals surface area contributed by atoms with E-state index in [4.69, 9.17) is 19.7 Å². The standard InChI is InChI=1S/C26H19IN4O3/c1-33-24-14-17(13-21(27)25(24)34-12-11-28)16-29-31-26(32)20-15-23(18-7-3-2-4-8-18)30-22-10-6-5-9-19(20)22/h2-10,13-16H,12H2,1H3,(H,31,32)/b29-16+. The highest BCUT2D eigenvalue weighted by atomic mass is 127. The highest BCUT2D eigenvalue weighted by Gasteiger charge is 2.14. The summed E-state index contributed by atoms with van der Waals surface area (Å²) in [7, 11) is 1.52. The first-order chi connectivity index (χ1) is 16.6. The number of methoxy groups -OCH3 is 1. The van der Waals surface area contributed by atoms with E-state index in [0.717, 1.165) is 20.0 Å². The van der Waals surface area contributed by atoms with Gasteiger partial charge in [-0.2, -0.15) is 10.4 Å². The molecule has 0 aliphatic carbocycles. The summed E-state index contributed by atoms with van der Waals surface area (Å²) in [6.07, 6.45) is 1.53. The van der Waals surface area contributed by atoms with Crippen molar-refractivity contribution in [3.63, 3.8) is 0 Å². The molecule has 0 bridgehead atoms. The molecule has 0 fully saturated rings. The number of aromatic nitrogens is 1. The Morgan fingerprint density at radius 2 is 1.91 bits per heavy atom. The predicted molar refractivity (Wildman–Crippen MR) is 139 cm³/mol. The maximum atomic E-state index is 13.1. The molecule has 4 rings (SSSR count). The van der Waals surface area contributed by atoms with Gasteiger partial charge in [-0.05, 0) is 52.4 Å². The highest BCUT2D eigenvalue weighted by Crippen LogP contribution is 2.33. The number of hydrazone groups is 1. The second kappa shape index (κ2) is 10.8. The van der Waals surface area contributed by atoms with E-state index in [1.807, 2.05) is 66.7 Å². The largest absolute Gasteiger partial charge is 0.493 e. The average Bonchev–Trinajstić information content (AvgIpc) is 2.87. The van der Waals surface area contributed by atoms with Gasteiger partial charge >= 0.3 is 0 Å². The number of fused-ring (bicyclic) bond motifs is 1. The van der Waals surface area contributed by atoms with Gasteiger partial charge in [0.15, 0.2) is 18.1 Å². The van der Waals surface area contributed by atoms with Crippen LogP contribution >= 0.6 is 22.6 Å². The van der Waals surface area contributed by atoms with Crippen LogP contribution in [-0.2, 0) is 0 Å². The third-order valence-electron chi connectivity index (χ3n) is 4.94. The summed E-state index contributed by atoms with van der Waals surface area (Å²) >= 11 is 2.10. The van der Waals surface area contributed by atoms with E-state index in [-0.39, 0.29) is 12.5 Å². The van der Waals surface area contributed by atoms with Crippen LogP contribution in [0.15, 0.2) is 77.9 Å². The smallest absolute Gasteiger partial charge is 0.272 e. The van der Waals surface area contributed by atoms with Gasteiger partial charge in [0, 0.05) is 10.9 Å². The van der Waals surface area contributed by atoms with Crippen LogP contribution in [0.3, 0.4) is 0 Å². The van der Waals surface area contributed by atoms with Crippen LogP contribution in [0.1, 0.15) is 15.9 Å². The zero-order chi connectivity index (χ0) is 23.9. The zero-order valence-electron chi connectivity index (χ0n) is 18.2. The minimum absolute atomic E-state index is 0.0826. The minimum Gasteiger partial charge on any atom is -0.493 e. The first-order valence-corrected chi connectivity index (χ1v) is 11.3. The maximum Gasteiger partial charge on any atom is 0.272 e. The van der Waals surface area contributed by atoms with E-state index >= 15 is 0 Å².